The fourth-order valence-corrected chi connectivity index (χ4v) is 2.11. The Morgan fingerprint density at radius 1 is 1.28 bits per heavy atom. The van der Waals surface area contributed by atoms with Gasteiger partial charge in [0.05, 0.1) is 0 Å². The molecule has 5 heteroatoms. The highest BCUT2D eigenvalue weighted by atomic mass is 15.2. The predicted octanol–water partition coefficient (Wildman–Crippen LogP) is 1.62. The minimum absolute atomic E-state index is 0.145. The number of hydrogen-bond donors (Lipinski definition) is 2. The number of anilines is 2. The lowest BCUT2D eigenvalue weighted by Gasteiger charge is -2.29. The number of aromatic nitrogens is 2. The molecule has 0 aromatic carbocycles. The molecule has 2 rings (SSSR count). The molecular formula is C13H23N5. The molecule has 1 aliphatic rings. The number of nitrogens with zero attached hydrogens (tertiary/aromatic N) is 3. The van der Waals surface area contributed by atoms with Crippen LogP contribution in [0.4, 0.5) is 11.6 Å². The van der Waals surface area contributed by atoms with Gasteiger partial charge in [-0.3, -0.25) is 0 Å². The van der Waals surface area contributed by atoms with Crippen molar-refractivity contribution in [3.8, 4) is 0 Å². The van der Waals surface area contributed by atoms with Crippen molar-refractivity contribution >= 4 is 11.6 Å². The molecule has 3 N–H and O–H groups in total. The summed E-state index contributed by atoms with van der Waals surface area (Å²) in [5.74, 6) is 1.86. The first-order chi connectivity index (χ1) is 8.61. The molecule has 1 aromatic rings. The van der Waals surface area contributed by atoms with Crippen LogP contribution in [-0.2, 0) is 0 Å². The summed E-state index contributed by atoms with van der Waals surface area (Å²) in [5.41, 5.74) is 5.57. The smallest absolute Gasteiger partial charge is 0.134 e. The zero-order chi connectivity index (χ0) is 13.0. The van der Waals surface area contributed by atoms with Crippen LogP contribution < -0.4 is 16.0 Å². The number of nitrogens with two attached hydrogens (primary N) is 1. The van der Waals surface area contributed by atoms with Crippen LogP contribution in [0.2, 0.25) is 0 Å². The summed E-state index contributed by atoms with van der Waals surface area (Å²) in [4.78, 5) is 11.0. The van der Waals surface area contributed by atoms with Gasteiger partial charge in [0.25, 0.3) is 0 Å². The van der Waals surface area contributed by atoms with E-state index in [0.29, 0.717) is 6.54 Å². The monoisotopic (exact) mass is 249 g/mol. The van der Waals surface area contributed by atoms with E-state index in [9.17, 15) is 0 Å². The van der Waals surface area contributed by atoms with Crippen LogP contribution in [0, 0.1) is 0 Å². The van der Waals surface area contributed by atoms with Gasteiger partial charge >= 0.3 is 0 Å². The zero-order valence-electron chi connectivity index (χ0n) is 11.3. The van der Waals surface area contributed by atoms with Gasteiger partial charge in [-0.15, -0.1) is 0 Å². The largest absolute Gasteiger partial charge is 0.364 e. The van der Waals surface area contributed by atoms with Gasteiger partial charge in [-0.05, 0) is 33.1 Å². The fraction of sp³-hybridized carbons (Fsp3) is 0.692. The van der Waals surface area contributed by atoms with Gasteiger partial charge in [-0.1, -0.05) is 0 Å². The molecule has 18 heavy (non-hydrogen) atoms. The molecule has 2 heterocycles. The number of piperidine rings is 1. The van der Waals surface area contributed by atoms with E-state index < -0.39 is 0 Å². The molecule has 0 spiro atoms. The summed E-state index contributed by atoms with van der Waals surface area (Å²) < 4.78 is 0. The van der Waals surface area contributed by atoms with Crippen molar-refractivity contribution in [2.45, 2.75) is 38.6 Å². The summed E-state index contributed by atoms with van der Waals surface area (Å²) in [6, 6.07) is 2.02. The normalized spacial score (nSPS) is 16.7. The van der Waals surface area contributed by atoms with Gasteiger partial charge in [0.15, 0.2) is 0 Å². The lowest BCUT2D eigenvalue weighted by atomic mass is 10.1. The van der Waals surface area contributed by atoms with Crippen LogP contribution in [0.3, 0.4) is 0 Å². The lowest BCUT2D eigenvalue weighted by Crippen LogP contribution is -2.39. The Balaban J connectivity index is 2.09. The molecule has 1 fully saturated rings. The van der Waals surface area contributed by atoms with Crippen molar-refractivity contribution in [3.63, 3.8) is 0 Å². The SMILES string of the molecule is CC(C)(CN)Nc1cc(N2CCCCC2)ncn1. The molecule has 0 atom stereocenters. The van der Waals surface area contributed by atoms with Gasteiger partial charge in [-0.2, -0.15) is 0 Å². The van der Waals surface area contributed by atoms with Crippen molar-refractivity contribution in [1.82, 2.24) is 9.97 Å². The standard InChI is InChI=1S/C13H23N5/c1-13(2,9-14)17-11-8-12(16-10-15-11)18-6-4-3-5-7-18/h8,10H,3-7,9,14H2,1-2H3,(H,15,16,17). The Labute approximate surface area is 109 Å². The van der Waals surface area contributed by atoms with Gasteiger partial charge in [-0.25, -0.2) is 9.97 Å². The van der Waals surface area contributed by atoms with E-state index >= 15 is 0 Å². The van der Waals surface area contributed by atoms with E-state index in [0.717, 1.165) is 24.7 Å². The number of hydrogen-bond acceptors (Lipinski definition) is 5. The molecule has 100 valence electrons. The second-order valence-corrected chi connectivity index (χ2v) is 5.52. The van der Waals surface area contributed by atoms with Crippen LogP contribution in [-0.4, -0.2) is 35.1 Å². The molecule has 0 radical (unpaired) electrons. The highest BCUT2D eigenvalue weighted by Crippen LogP contribution is 2.20. The Morgan fingerprint density at radius 3 is 2.67 bits per heavy atom. The maximum atomic E-state index is 5.72. The zero-order valence-corrected chi connectivity index (χ0v) is 11.3. The molecular weight excluding hydrogens is 226 g/mol. The van der Waals surface area contributed by atoms with E-state index in [-0.39, 0.29) is 5.54 Å². The highest BCUT2D eigenvalue weighted by Gasteiger charge is 2.17. The van der Waals surface area contributed by atoms with Gasteiger partial charge in [0.2, 0.25) is 0 Å². The maximum absolute atomic E-state index is 5.72. The van der Waals surface area contributed by atoms with Crippen molar-refractivity contribution in [1.29, 1.82) is 0 Å². The molecule has 0 saturated carbocycles. The maximum Gasteiger partial charge on any atom is 0.134 e. The molecule has 5 nitrogen and oxygen atoms in total. The first kappa shape index (κ1) is 13.1. The van der Waals surface area contributed by atoms with E-state index in [1.807, 2.05) is 6.07 Å². The number of rotatable bonds is 4. The third-order valence-corrected chi connectivity index (χ3v) is 3.31. The minimum atomic E-state index is -0.145. The second kappa shape index (κ2) is 5.52. The van der Waals surface area contributed by atoms with Crippen LogP contribution in [0.25, 0.3) is 0 Å². The van der Waals surface area contributed by atoms with E-state index in [1.54, 1.807) is 6.33 Å². The van der Waals surface area contributed by atoms with Crippen molar-refractivity contribution < 1.29 is 0 Å². The fourth-order valence-electron chi connectivity index (χ4n) is 2.11. The van der Waals surface area contributed by atoms with E-state index in [1.165, 1.54) is 19.3 Å². The molecule has 1 aromatic heterocycles. The van der Waals surface area contributed by atoms with Crippen LogP contribution >= 0.6 is 0 Å². The Bertz CT molecular complexity index is 385. The summed E-state index contributed by atoms with van der Waals surface area (Å²) in [5, 5.41) is 3.34. The predicted molar refractivity (Wildman–Crippen MR) is 74.9 cm³/mol. The summed E-state index contributed by atoms with van der Waals surface area (Å²) in [6.45, 7) is 6.88. The van der Waals surface area contributed by atoms with Gasteiger partial charge < -0.3 is 16.0 Å². The Hall–Kier alpha value is -1.36. The van der Waals surface area contributed by atoms with Crippen molar-refractivity contribution in [3.05, 3.63) is 12.4 Å². The average molecular weight is 249 g/mol. The molecule has 1 saturated heterocycles. The molecule has 0 bridgehead atoms. The number of nitrogens with one attached hydrogen (secondary N) is 1. The van der Waals surface area contributed by atoms with Crippen molar-refractivity contribution in [2.75, 3.05) is 29.9 Å². The molecule has 0 aliphatic carbocycles. The molecule has 0 unspecified atom stereocenters. The van der Waals surface area contributed by atoms with E-state index in [2.05, 4.69) is 34.0 Å². The van der Waals surface area contributed by atoms with Gasteiger partial charge in [0.1, 0.15) is 18.0 Å². The van der Waals surface area contributed by atoms with Crippen LogP contribution in [0.5, 0.6) is 0 Å². The quantitative estimate of drug-likeness (QED) is 0.848. The van der Waals surface area contributed by atoms with Crippen LogP contribution in [0.1, 0.15) is 33.1 Å². The first-order valence-corrected chi connectivity index (χ1v) is 6.66. The minimum Gasteiger partial charge on any atom is -0.364 e. The first-order valence-electron chi connectivity index (χ1n) is 6.66. The van der Waals surface area contributed by atoms with Crippen molar-refractivity contribution in [2.24, 2.45) is 5.73 Å². The Kier molecular flexibility index (Phi) is 4.01. The lowest BCUT2D eigenvalue weighted by molar-refractivity contribution is 0.569. The third kappa shape index (κ3) is 3.32. The average Bonchev–Trinajstić information content (AvgIpc) is 2.40. The summed E-state index contributed by atoms with van der Waals surface area (Å²) >= 11 is 0. The van der Waals surface area contributed by atoms with Gasteiger partial charge in [0, 0.05) is 31.2 Å². The van der Waals surface area contributed by atoms with Crippen LogP contribution in [0.15, 0.2) is 12.4 Å². The highest BCUT2D eigenvalue weighted by molar-refractivity contribution is 5.49. The molecule has 1 aliphatic heterocycles. The summed E-state index contributed by atoms with van der Waals surface area (Å²) in [6.07, 6.45) is 5.45. The Morgan fingerprint density at radius 2 is 2.00 bits per heavy atom. The topological polar surface area (TPSA) is 67.1 Å². The van der Waals surface area contributed by atoms with E-state index in [4.69, 9.17) is 5.73 Å². The summed E-state index contributed by atoms with van der Waals surface area (Å²) in [7, 11) is 0. The molecule has 0 amide bonds. The third-order valence-electron chi connectivity index (χ3n) is 3.31. The second-order valence-electron chi connectivity index (χ2n) is 5.52.